The maximum absolute atomic E-state index is 11.3. The molecule has 0 radical (unpaired) electrons. The van der Waals surface area contributed by atoms with Crippen molar-refractivity contribution in [2.75, 3.05) is 0 Å². The Hall–Kier alpha value is -2.34. The first-order valence-electron chi connectivity index (χ1n) is 4.52. The zero-order valence-corrected chi connectivity index (χ0v) is 8.78. The van der Waals surface area contributed by atoms with E-state index >= 15 is 0 Å². The summed E-state index contributed by atoms with van der Waals surface area (Å²) < 4.78 is 0. The van der Waals surface area contributed by atoms with E-state index in [0.29, 0.717) is 11.1 Å². The van der Waals surface area contributed by atoms with Gasteiger partial charge in [-0.1, -0.05) is 18.6 Å². The molecular formula is C13H10O3. The van der Waals surface area contributed by atoms with Crippen molar-refractivity contribution in [1.29, 1.82) is 0 Å². The van der Waals surface area contributed by atoms with E-state index in [2.05, 4.69) is 12.5 Å². The maximum atomic E-state index is 11.3. The molecule has 1 N–H and O–H groups in total. The summed E-state index contributed by atoms with van der Waals surface area (Å²) in [5, 5.41) is 8.96. The van der Waals surface area contributed by atoms with Gasteiger partial charge in [-0.3, -0.25) is 4.79 Å². The third-order valence-corrected chi connectivity index (χ3v) is 2.17. The van der Waals surface area contributed by atoms with E-state index in [-0.39, 0.29) is 16.9 Å². The minimum absolute atomic E-state index is 0.0543. The van der Waals surface area contributed by atoms with Gasteiger partial charge in [-0.05, 0) is 24.6 Å². The number of benzene rings is 1. The van der Waals surface area contributed by atoms with Crippen LogP contribution >= 0.6 is 0 Å². The molecule has 0 amide bonds. The molecule has 16 heavy (non-hydrogen) atoms. The van der Waals surface area contributed by atoms with Gasteiger partial charge in [0.1, 0.15) is 0 Å². The Bertz CT molecular complexity index is 519. The van der Waals surface area contributed by atoms with Gasteiger partial charge >= 0.3 is 5.97 Å². The SMILES string of the molecule is C#Cc1cc(C(C)=O)c(C(=O)O)cc1C=C. The molecule has 0 aromatic heterocycles. The fourth-order valence-corrected chi connectivity index (χ4v) is 1.38. The van der Waals surface area contributed by atoms with Gasteiger partial charge in [0.05, 0.1) is 5.56 Å². The highest BCUT2D eigenvalue weighted by Crippen LogP contribution is 2.18. The largest absolute Gasteiger partial charge is 0.478 e. The molecule has 0 unspecified atom stereocenters. The van der Waals surface area contributed by atoms with Crippen LogP contribution in [0.25, 0.3) is 6.08 Å². The third-order valence-electron chi connectivity index (χ3n) is 2.17. The molecular weight excluding hydrogens is 204 g/mol. The summed E-state index contributed by atoms with van der Waals surface area (Å²) in [7, 11) is 0. The number of rotatable bonds is 3. The lowest BCUT2D eigenvalue weighted by Gasteiger charge is -2.06. The van der Waals surface area contributed by atoms with E-state index in [1.165, 1.54) is 25.1 Å². The Morgan fingerprint density at radius 3 is 2.44 bits per heavy atom. The van der Waals surface area contributed by atoms with Crippen molar-refractivity contribution in [2.24, 2.45) is 0 Å². The number of hydrogen-bond donors (Lipinski definition) is 1. The molecule has 0 fully saturated rings. The average Bonchev–Trinajstić information content (AvgIpc) is 2.26. The van der Waals surface area contributed by atoms with Crippen molar-refractivity contribution in [3.63, 3.8) is 0 Å². The first kappa shape index (κ1) is 11.7. The summed E-state index contributed by atoms with van der Waals surface area (Å²) in [6, 6.07) is 2.77. The first-order chi connectivity index (χ1) is 7.51. The number of carboxylic acids is 1. The summed E-state index contributed by atoms with van der Waals surface area (Å²) in [6.07, 6.45) is 6.73. The average molecular weight is 214 g/mol. The van der Waals surface area contributed by atoms with E-state index in [1.807, 2.05) is 0 Å². The number of carboxylic acid groups (broad SMARTS) is 1. The van der Waals surface area contributed by atoms with Crippen molar-refractivity contribution in [2.45, 2.75) is 6.92 Å². The highest BCUT2D eigenvalue weighted by atomic mass is 16.4. The molecule has 0 heterocycles. The fraction of sp³-hybridized carbons (Fsp3) is 0.0769. The number of carbonyl (C=O) groups is 2. The molecule has 1 aromatic rings. The summed E-state index contributed by atoms with van der Waals surface area (Å²) in [5.74, 6) is 0.907. The zero-order chi connectivity index (χ0) is 12.3. The molecule has 0 saturated heterocycles. The number of aromatic carboxylic acids is 1. The van der Waals surface area contributed by atoms with Crippen LogP contribution in [0.2, 0.25) is 0 Å². The minimum atomic E-state index is -1.16. The quantitative estimate of drug-likeness (QED) is 0.620. The van der Waals surface area contributed by atoms with Gasteiger partial charge in [-0.15, -0.1) is 6.42 Å². The molecule has 0 aliphatic rings. The topological polar surface area (TPSA) is 54.4 Å². The molecule has 80 valence electrons. The Labute approximate surface area is 93.4 Å². The lowest BCUT2D eigenvalue weighted by atomic mass is 9.96. The molecule has 0 spiro atoms. The van der Waals surface area contributed by atoms with Crippen molar-refractivity contribution in [3.05, 3.63) is 41.0 Å². The highest BCUT2D eigenvalue weighted by Gasteiger charge is 2.15. The summed E-state index contributed by atoms with van der Waals surface area (Å²) in [6.45, 7) is 4.84. The van der Waals surface area contributed by atoms with Crippen molar-refractivity contribution < 1.29 is 14.7 Å². The lowest BCUT2D eigenvalue weighted by molar-refractivity contribution is 0.0692. The standard InChI is InChI=1S/C13H10O3/c1-4-9-6-11(8(3)14)12(13(15)16)7-10(9)5-2/h1,5-7H,2H2,3H3,(H,15,16). The van der Waals surface area contributed by atoms with Gasteiger partial charge in [-0.25, -0.2) is 4.79 Å². The molecule has 3 heteroatoms. The molecule has 0 aliphatic carbocycles. The Morgan fingerprint density at radius 1 is 1.44 bits per heavy atom. The zero-order valence-electron chi connectivity index (χ0n) is 8.78. The Morgan fingerprint density at radius 2 is 2.06 bits per heavy atom. The normalized spacial score (nSPS) is 9.25. The fourth-order valence-electron chi connectivity index (χ4n) is 1.38. The van der Waals surface area contributed by atoms with E-state index in [9.17, 15) is 9.59 Å². The van der Waals surface area contributed by atoms with Crippen LogP contribution < -0.4 is 0 Å². The van der Waals surface area contributed by atoms with Crippen molar-refractivity contribution in [3.8, 4) is 12.3 Å². The lowest BCUT2D eigenvalue weighted by Crippen LogP contribution is -2.07. The predicted octanol–water partition coefficient (Wildman–Crippen LogP) is 2.21. The van der Waals surface area contributed by atoms with Crippen molar-refractivity contribution in [1.82, 2.24) is 0 Å². The number of hydrogen-bond acceptors (Lipinski definition) is 2. The summed E-state index contributed by atoms with van der Waals surface area (Å²) in [5.41, 5.74) is 1.06. The van der Waals surface area contributed by atoms with Crippen LogP contribution in [0.3, 0.4) is 0 Å². The van der Waals surface area contributed by atoms with Crippen LogP contribution in [0.4, 0.5) is 0 Å². The maximum Gasteiger partial charge on any atom is 0.336 e. The van der Waals surface area contributed by atoms with E-state index in [0.717, 1.165) is 0 Å². The Balaban J connectivity index is 3.62. The van der Waals surface area contributed by atoms with Crippen LogP contribution in [-0.4, -0.2) is 16.9 Å². The van der Waals surface area contributed by atoms with Crippen LogP contribution in [0, 0.1) is 12.3 Å². The Kier molecular flexibility index (Phi) is 3.27. The van der Waals surface area contributed by atoms with Crippen LogP contribution in [0.5, 0.6) is 0 Å². The van der Waals surface area contributed by atoms with Crippen LogP contribution in [-0.2, 0) is 0 Å². The second-order valence-corrected chi connectivity index (χ2v) is 3.19. The number of terminal acetylenes is 1. The molecule has 3 nitrogen and oxygen atoms in total. The molecule has 0 saturated carbocycles. The van der Waals surface area contributed by atoms with E-state index in [4.69, 9.17) is 11.5 Å². The first-order valence-corrected chi connectivity index (χ1v) is 4.52. The van der Waals surface area contributed by atoms with Crippen molar-refractivity contribution >= 4 is 17.8 Å². The van der Waals surface area contributed by atoms with Crippen LogP contribution in [0.1, 0.15) is 38.8 Å². The molecule has 0 aliphatic heterocycles. The van der Waals surface area contributed by atoms with E-state index < -0.39 is 5.97 Å². The van der Waals surface area contributed by atoms with E-state index in [1.54, 1.807) is 0 Å². The molecule has 0 bridgehead atoms. The van der Waals surface area contributed by atoms with Gasteiger partial charge in [0.2, 0.25) is 0 Å². The molecule has 1 rings (SSSR count). The second kappa shape index (κ2) is 4.45. The number of Topliss-reactive ketones (excluding diaryl/α,β-unsaturated/α-hetero) is 1. The van der Waals surface area contributed by atoms with Gasteiger partial charge in [-0.2, -0.15) is 0 Å². The third kappa shape index (κ3) is 2.01. The molecule has 0 atom stereocenters. The van der Waals surface area contributed by atoms with Gasteiger partial charge < -0.3 is 5.11 Å². The smallest absolute Gasteiger partial charge is 0.336 e. The van der Waals surface area contributed by atoms with Gasteiger partial charge in [0.15, 0.2) is 5.78 Å². The summed E-state index contributed by atoms with van der Waals surface area (Å²) >= 11 is 0. The monoisotopic (exact) mass is 214 g/mol. The van der Waals surface area contributed by atoms with Crippen LogP contribution in [0.15, 0.2) is 18.7 Å². The van der Waals surface area contributed by atoms with Gasteiger partial charge in [0, 0.05) is 11.1 Å². The minimum Gasteiger partial charge on any atom is -0.478 e. The number of ketones is 1. The number of carbonyl (C=O) groups excluding carboxylic acids is 1. The highest BCUT2D eigenvalue weighted by molar-refractivity contribution is 6.05. The van der Waals surface area contributed by atoms with Gasteiger partial charge in [0.25, 0.3) is 0 Å². The summed E-state index contributed by atoms with van der Waals surface area (Å²) in [4.78, 5) is 22.2. The molecule has 1 aromatic carbocycles. The second-order valence-electron chi connectivity index (χ2n) is 3.19. The predicted molar refractivity (Wildman–Crippen MR) is 61.4 cm³/mol.